The second-order valence-electron chi connectivity index (χ2n) is 5.76. The maximum atomic E-state index is 12.4. The number of ether oxygens (including phenoxy) is 2. The number of nitrogens with zero attached hydrogens (tertiary/aromatic N) is 1. The Kier molecular flexibility index (Phi) is 4.36. The van der Waals surface area contributed by atoms with E-state index in [1.807, 2.05) is 17.0 Å². The summed E-state index contributed by atoms with van der Waals surface area (Å²) in [5, 5.41) is 0.612. The molecule has 2 bridgehead atoms. The molecule has 3 rings (SSSR count). The summed E-state index contributed by atoms with van der Waals surface area (Å²) in [6.07, 6.45) is 4.33. The largest absolute Gasteiger partial charge is 0.484 e. The Morgan fingerprint density at radius 2 is 2.05 bits per heavy atom. The fourth-order valence-electron chi connectivity index (χ4n) is 3.50. The predicted octanol–water partition coefficient (Wildman–Crippen LogP) is 2.89. The lowest BCUT2D eigenvalue weighted by molar-refractivity contribution is -0.140. The third-order valence-electron chi connectivity index (χ3n) is 4.47. The van der Waals surface area contributed by atoms with Gasteiger partial charge >= 0.3 is 0 Å². The molecule has 2 aliphatic heterocycles. The number of carbonyl (C=O) groups is 1. The summed E-state index contributed by atoms with van der Waals surface area (Å²) in [5.41, 5.74) is 0. The fourth-order valence-corrected chi connectivity index (χ4v) is 3.68. The van der Waals surface area contributed by atoms with Crippen molar-refractivity contribution in [1.29, 1.82) is 0 Å². The highest BCUT2D eigenvalue weighted by Gasteiger charge is 2.43. The molecule has 0 aromatic heterocycles. The summed E-state index contributed by atoms with van der Waals surface area (Å²) in [5.74, 6) is 0.701. The Hall–Kier alpha value is -1.26. The normalized spacial score (nSPS) is 27.7. The smallest absolute Gasteiger partial charge is 0.261 e. The third kappa shape index (κ3) is 3.16. The van der Waals surface area contributed by atoms with E-state index in [4.69, 9.17) is 21.1 Å². The SMILES string of the molecule is COC1C[C@H]2CC[C@@H](C1)N2C(=O)COc1cccc(Cl)c1. The van der Waals surface area contributed by atoms with Gasteiger partial charge in [0.1, 0.15) is 5.75 Å². The van der Waals surface area contributed by atoms with Crippen molar-refractivity contribution in [2.24, 2.45) is 0 Å². The van der Waals surface area contributed by atoms with E-state index in [2.05, 4.69) is 0 Å². The van der Waals surface area contributed by atoms with E-state index in [9.17, 15) is 4.79 Å². The monoisotopic (exact) mass is 309 g/mol. The van der Waals surface area contributed by atoms with Gasteiger partial charge < -0.3 is 14.4 Å². The summed E-state index contributed by atoms with van der Waals surface area (Å²) < 4.78 is 11.0. The molecule has 2 aliphatic rings. The number of hydrogen-bond acceptors (Lipinski definition) is 3. The van der Waals surface area contributed by atoms with Crippen LogP contribution in [-0.4, -0.2) is 42.7 Å². The Morgan fingerprint density at radius 3 is 2.67 bits per heavy atom. The average Bonchev–Trinajstić information content (AvgIpc) is 2.75. The van der Waals surface area contributed by atoms with Crippen LogP contribution in [0.5, 0.6) is 5.75 Å². The number of hydrogen-bond donors (Lipinski definition) is 0. The minimum atomic E-state index is 0.0667. The van der Waals surface area contributed by atoms with Crippen LogP contribution >= 0.6 is 11.6 Å². The van der Waals surface area contributed by atoms with Crippen LogP contribution in [0.15, 0.2) is 24.3 Å². The zero-order chi connectivity index (χ0) is 14.8. The molecule has 0 saturated carbocycles. The van der Waals surface area contributed by atoms with Crippen molar-refractivity contribution in [3.8, 4) is 5.75 Å². The quantitative estimate of drug-likeness (QED) is 0.858. The molecule has 3 atom stereocenters. The molecule has 114 valence electrons. The Bertz CT molecular complexity index is 508. The molecule has 1 aromatic rings. The van der Waals surface area contributed by atoms with E-state index in [-0.39, 0.29) is 12.5 Å². The lowest BCUT2D eigenvalue weighted by Crippen LogP contribution is -2.50. The van der Waals surface area contributed by atoms with Crippen LogP contribution in [-0.2, 0) is 9.53 Å². The zero-order valence-corrected chi connectivity index (χ0v) is 12.9. The topological polar surface area (TPSA) is 38.8 Å². The van der Waals surface area contributed by atoms with E-state index in [1.165, 1.54) is 0 Å². The molecule has 0 aliphatic carbocycles. The fraction of sp³-hybridized carbons (Fsp3) is 0.562. The van der Waals surface area contributed by atoms with Crippen molar-refractivity contribution in [3.63, 3.8) is 0 Å². The van der Waals surface area contributed by atoms with Crippen LogP contribution in [0.3, 0.4) is 0 Å². The highest BCUT2D eigenvalue weighted by atomic mass is 35.5. The molecule has 0 spiro atoms. The van der Waals surface area contributed by atoms with Gasteiger partial charge in [0.05, 0.1) is 6.10 Å². The summed E-state index contributed by atoms with van der Waals surface area (Å²) in [6, 6.07) is 7.75. The second-order valence-corrected chi connectivity index (χ2v) is 6.20. The standard InChI is InChI=1S/C16H20ClNO3/c1-20-15-8-12-5-6-13(9-15)18(12)16(19)10-21-14-4-2-3-11(17)7-14/h2-4,7,12-13,15H,5-6,8-10H2,1H3/t12-,13+,15?. The first kappa shape index (κ1) is 14.7. The number of rotatable bonds is 4. The van der Waals surface area contributed by atoms with Crippen molar-refractivity contribution in [3.05, 3.63) is 29.3 Å². The molecule has 2 saturated heterocycles. The van der Waals surface area contributed by atoms with E-state index in [0.717, 1.165) is 25.7 Å². The number of halogens is 1. The lowest BCUT2D eigenvalue weighted by atomic mass is 10.00. The van der Waals surface area contributed by atoms with Crippen LogP contribution in [0.2, 0.25) is 5.02 Å². The minimum Gasteiger partial charge on any atom is -0.484 e. The molecule has 2 heterocycles. The van der Waals surface area contributed by atoms with Gasteiger partial charge in [-0.05, 0) is 43.9 Å². The summed E-state index contributed by atoms with van der Waals surface area (Å²) in [6.45, 7) is 0.0744. The van der Waals surface area contributed by atoms with Gasteiger partial charge in [0, 0.05) is 24.2 Å². The number of methoxy groups -OCH3 is 1. The molecular formula is C16H20ClNO3. The number of carbonyl (C=O) groups excluding carboxylic acids is 1. The van der Waals surface area contributed by atoms with Gasteiger partial charge in [0.15, 0.2) is 6.61 Å². The molecule has 0 N–H and O–H groups in total. The van der Waals surface area contributed by atoms with E-state index >= 15 is 0 Å². The van der Waals surface area contributed by atoms with Gasteiger partial charge in [0.2, 0.25) is 0 Å². The molecule has 2 fully saturated rings. The number of amides is 1. The molecule has 1 unspecified atom stereocenters. The highest BCUT2D eigenvalue weighted by Crippen LogP contribution is 2.36. The molecule has 1 amide bonds. The highest BCUT2D eigenvalue weighted by molar-refractivity contribution is 6.30. The van der Waals surface area contributed by atoms with Gasteiger partial charge in [0.25, 0.3) is 5.91 Å². The molecule has 5 heteroatoms. The lowest BCUT2D eigenvalue weighted by Gasteiger charge is -2.38. The van der Waals surface area contributed by atoms with E-state index in [1.54, 1.807) is 19.2 Å². The second kappa shape index (κ2) is 6.24. The zero-order valence-electron chi connectivity index (χ0n) is 12.1. The number of fused-ring (bicyclic) bond motifs is 2. The van der Waals surface area contributed by atoms with Crippen LogP contribution in [0.1, 0.15) is 25.7 Å². The minimum absolute atomic E-state index is 0.0667. The molecule has 0 radical (unpaired) electrons. The first-order chi connectivity index (χ1) is 10.2. The van der Waals surface area contributed by atoms with Gasteiger partial charge in [-0.1, -0.05) is 17.7 Å². The van der Waals surface area contributed by atoms with E-state index in [0.29, 0.717) is 29.0 Å². The van der Waals surface area contributed by atoms with Gasteiger partial charge in [-0.15, -0.1) is 0 Å². The Balaban J connectivity index is 1.59. The Morgan fingerprint density at radius 1 is 1.33 bits per heavy atom. The van der Waals surface area contributed by atoms with Crippen molar-refractivity contribution >= 4 is 17.5 Å². The first-order valence-corrected chi connectivity index (χ1v) is 7.77. The van der Waals surface area contributed by atoms with Crippen molar-refractivity contribution in [1.82, 2.24) is 4.90 Å². The summed E-state index contributed by atoms with van der Waals surface area (Å²) in [4.78, 5) is 14.5. The van der Waals surface area contributed by atoms with E-state index < -0.39 is 0 Å². The maximum Gasteiger partial charge on any atom is 0.261 e. The molecular weight excluding hydrogens is 290 g/mol. The third-order valence-corrected chi connectivity index (χ3v) is 4.70. The van der Waals surface area contributed by atoms with Crippen LogP contribution < -0.4 is 4.74 Å². The van der Waals surface area contributed by atoms with Gasteiger partial charge in [-0.2, -0.15) is 0 Å². The van der Waals surface area contributed by atoms with Crippen LogP contribution in [0.25, 0.3) is 0 Å². The summed E-state index contributed by atoms with van der Waals surface area (Å²) >= 11 is 5.91. The average molecular weight is 310 g/mol. The van der Waals surface area contributed by atoms with Crippen molar-refractivity contribution in [2.45, 2.75) is 43.9 Å². The van der Waals surface area contributed by atoms with Gasteiger partial charge in [-0.3, -0.25) is 4.79 Å². The maximum absolute atomic E-state index is 12.4. The van der Waals surface area contributed by atoms with Crippen LogP contribution in [0, 0.1) is 0 Å². The summed E-state index contributed by atoms with van der Waals surface area (Å²) in [7, 11) is 1.75. The van der Waals surface area contributed by atoms with Gasteiger partial charge in [-0.25, -0.2) is 0 Å². The van der Waals surface area contributed by atoms with Crippen molar-refractivity contribution < 1.29 is 14.3 Å². The molecule has 21 heavy (non-hydrogen) atoms. The predicted molar refractivity (Wildman–Crippen MR) is 80.6 cm³/mol. The number of benzene rings is 1. The Labute approximate surface area is 130 Å². The van der Waals surface area contributed by atoms with Crippen molar-refractivity contribution in [2.75, 3.05) is 13.7 Å². The first-order valence-electron chi connectivity index (χ1n) is 7.39. The van der Waals surface area contributed by atoms with Crippen LogP contribution in [0.4, 0.5) is 0 Å². The number of piperidine rings is 1. The molecule has 1 aromatic carbocycles. The molecule has 4 nitrogen and oxygen atoms in total.